The molecule has 0 amide bonds. The van der Waals surface area contributed by atoms with Crippen molar-refractivity contribution in [3.05, 3.63) is 33.5 Å². The highest BCUT2D eigenvalue weighted by molar-refractivity contribution is 9.10. The van der Waals surface area contributed by atoms with Crippen LogP contribution in [0.25, 0.3) is 0 Å². The zero-order valence-electron chi connectivity index (χ0n) is 7.10. The first kappa shape index (κ1) is 8.88. The predicted octanol–water partition coefficient (Wildman–Crippen LogP) is 2.96. The molecule has 0 saturated heterocycles. The van der Waals surface area contributed by atoms with Crippen LogP contribution in [0.2, 0.25) is 0 Å². The summed E-state index contributed by atoms with van der Waals surface area (Å²) in [5.41, 5.74) is 1.48. The highest BCUT2D eigenvalue weighted by Gasteiger charge is 2.28. The number of halogens is 2. The third-order valence-corrected chi connectivity index (χ3v) is 3.09. The molecule has 0 bridgehead atoms. The van der Waals surface area contributed by atoms with E-state index in [4.69, 9.17) is 0 Å². The molecular formula is C10H8BrFO. The van der Waals surface area contributed by atoms with Gasteiger partial charge < -0.3 is 0 Å². The van der Waals surface area contributed by atoms with Crippen LogP contribution in [-0.4, -0.2) is 5.78 Å². The second-order valence-electron chi connectivity index (χ2n) is 3.38. The van der Waals surface area contributed by atoms with E-state index in [9.17, 15) is 9.18 Å². The molecule has 13 heavy (non-hydrogen) atoms. The molecule has 0 aromatic heterocycles. The van der Waals surface area contributed by atoms with E-state index < -0.39 is 0 Å². The van der Waals surface area contributed by atoms with Gasteiger partial charge in [-0.25, -0.2) is 4.39 Å². The standard InChI is InChI=1S/C10H8BrFO/c1-5-2-7-8(10(5)13)3-6(12)4-9(7)11/h3-5H,2H2,1H3. The van der Waals surface area contributed by atoms with Gasteiger partial charge in [0.05, 0.1) is 0 Å². The SMILES string of the molecule is CC1Cc2c(Br)cc(F)cc2C1=O. The Kier molecular flexibility index (Phi) is 1.99. The van der Waals surface area contributed by atoms with Gasteiger partial charge in [-0.1, -0.05) is 22.9 Å². The minimum absolute atomic E-state index is 0.00639. The minimum Gasteiger partial charge on any atom is -0.294 e. The van der Waals surface area contributed by atoms with Crippen molar-refractivity contribution >= 4 is 21.7 Å². The van der Waals surface area contributed by atoms with Crippen LogP contribution in [0.5, 0.6) is 0 Å². The first-order valence-electron chi connectivity index (χ1n) is 4.11. The lowest BCUT2D eigenvalue weighted by atomic mass is 10.1. The number of ketones is 1. The fourth-order valence-electron chi connectivity index (χ4n) is 1.70. The fourth-order valence-corrected chi connectivity index (χ4v) is 2.29. The van der Waals surface area contributed by atoms with Gasteiger partial charge in [0.1, 0.15) is 5.82 Å². The number of Topliss-reactive ketones (excluding diaryl/α,β-unsaturated/α-hetero) is 1. The van der Waals surface area contributed by atoms with Crippen molar-refractivity contribution in [1.82, 2.24) is 0 Å². The summed E-state index contributed by atoms with van der Waals surface area (Å²) in [6, 6.07) is 2.73. The molecule has 1 aromatic rings. The zero-order chi connectivity index (χ0) is 9.59. The lowest BCUT2D eigenvalue weighted by Crippen LogP contribution is -2.02. The van der Waals surface area contributed by atoms with Crippen LogP contribution in [0.1, 0.15) is 22.8 Å². The summed E-state index contributed by atoms with van der Waals surface area (Å²) < 4.78 is 13.6. The summed E-state index contributed by atoms with van der Waals surface area (Å²) in [4.78, 5) is 11.5. The second-order valence-corrected chi connectivity index (χ2v) is 4.24. The maximum atomic E-state index is 12.9. The number of hydrogen-bond acceptors (Lipinski definition) is 1. The molecule has 1 atom stereocenters. The Morgan fingerprint density at radius 3 is 2.92 bits per heavy atom. The van der Waals surface area contributed by atoms with Gasteiger partial charge in [-0.15, -0.1) is 0 Å². The summed E-state index contributed by atoms with van der Waals surface area (Å²) >= 11 is 3.26. The zero-order valence-corrected chi connectivity index (χ0v) is 8.69. The van der Waals surface area contributed by atoms with Gasteiger partial charge in [-0.05, 0) is 24.1 Å². The monoisotopic (exact) mass is 242 g/mol. The maximum absolute atomic E-state index is 12.9. The van der Waals surface area contributed by atoms with Gasteiger partial charge in [0.25, 0.3) is 0 Å². The smallest absolute Gasteiger partial charge is 0.166 e. The molecule has 0 radical (unpaired) electrons. The topological polar surface area (TPSA) is 17.1 Å². The van der Waals surface area contributed by atoms with E-state index >= 15 is 0 Å². The van der Waals surface area contributed by atoms with Gasteiger partial charge in [-0.3, -0.25) is 4.79 Å². The summed E-state index contributed by atoms with van der Waals surface area (Å²) in [6.07, 6.45) is 0.717. The van der Waals surface area contributed by atoms with Gasteiger partial charge in [-0.2, -0.15) is 0 Å². The molecule has 0 spiro atoms. The quantitative estimate of drug-likeness (QED) is 0.684. The average molecular weight is 243 g/mol. The Balaban J connectivity index is 2.64. The van der Waals surface area contributed by atoms with Crippen molar-refractivity contribution in [3.63, 3.8) is 0 Å². The molecule has 0 heterocycles. The van der Waals surface area contributed by atoms with Crippen molar-refractivity contribution in [1.29, 1.82) is 0 Å². The van der Waals surface area contributed by atoms with Gasteiger partial charge in [0.15, 0.2) is 5.78 Å². The number of fused-ring (bicyclic) bond motifs is 1. The molecule has 1 nitrogen and oxygen atoms in total. The summed E-state index contributed by atoms with van der Waals surface area (Å²) in [5, 5.41) is 0. The van der Waals surface area contributed by atoms with Crippen LogP contribution in [0.15, 0.2) is 16.6 Å². The van der Waals surface area contributed by atoms with Crippen LogP contribution in [0.4, 0.5) is 4.39 Å². The Bertz CT molecular complexity index is 387. The van der Waals surface area contributed by atoms with Crippen LogP contribution in [0, 0.1) is 11.7 Å². The number of rotatable bonds is 0. The molecule has 0 saturated carbocycles. The van der Waals surface area contributed by atoms with E-state index in [0.29, 0.717) is 10.0 Å². The van der Waals surface area contributed by atoms with Crippen molar-refractivity contribution < 1.29 is 9.18 Å². The minimum atomic E-state index is -0.354. The molecule has 3 heteroatoms. The lowest BCUT2D eigenvalue weighted by Gasteiger charge is -2.00. The van der Waals surface area contributed by atoms with Crippen LogP contribution in [-0.2, 0) is 6.42 Å². The molecule has 0 aliphatic heterocycles. The Labute approximate surface area is 84.1 Å². The molecule has 68 valence electrons. The van der Waals surface area contributed by atoms with Crippen molar-refractivity contribution in [2.45, 2.75) is 13.3 Å². The normalized spacial score (nSPS) is 20.5. The first-order valence-corrected chi connectivity index (χ1v) is 4.91. The van der Waals surface area contributed by atoms with E-state index in [0.717, 1.165) is 12.0 Å². The summed E-state index contributed by atoms with van der Waals surface area (Å²) in [7, 11) is 0. The highest BCUT2D eigenvalue weighted by Crippen LogP contribution is 2.32. The molecule has 0 N–H and O–H groups in total. The van der Waals surface area contributed by atoms with E-state index in [1.165, 1.54) is 12.1 Å². The molecule has 0 fully saturated rings. The second kappa shape index (κ2) is 2.91. The molecule has 2 rings (SSSR count). The van der Waals surface area contributed by atoms with E-state index in [-0.39, 0.29) is 17.5 Å². The predicted molar refractivity (Wildman–Crippen MR) is 51.3 cm³/mol. The van der Waals surface area contributed by atoms with Crippen LogP contribution >= 0.6 is 15.9 Å². The Morgan fingerprint density at radius 1 is 1.54 bits per heavy atom. The van der Waals surface area contributed by atoms with Crippen molar-refractivity contribution in [2.24, 2.45) is 5.92 Å². The third kappa shape index (κ3) is 1.31. The maximum Gasteiger partial charge on any atom is 0.166 e. The van der Waals surface area contributed by atoms with Gasteiger partial charge >= 0.3 is 0 Å². The van der Waals surface area contributed by atoms with Gasteiger partial charge in [0.2, 0.25) is 0 Å². The largest absolute Gasteiger partial charge is 0.294 e. The average Bonchev–Trinajstić information content (AvgIpc) is 2.32. The molecule has 1 aliphatic carbocycles. The first-order chi connectivity index (χ1) is 6.09. The molecular weight excluding hydrogens is 235 g/mol. The number of carbonyl (C=O) groups is 1. The number of benzene rings is 1. The summed E-state index contributed by atoms with van der Waals surface area (Å²) in [5.74, 6) is -0.309. The van der Waals surface area contributed by atoms with Crippen molar-refractivity contribution in [2.75, 3.05) is 0 Å². The van der Waals surface area contributed by atoms with Crippen molar-refractivity contribution in [3.8, 4) is 0 Å². The van der Waals surface area contributed by atoms with E-state index in [2.05, 4.69) is 15.9 Å². The molecule has 1 aromatic carbocycles. The fraction of sp³-hybridized carbons (Fsp3) is 0.300. The van der Waals surface area contributed by atoms with Gasteiger partial charge in [0, 0.05) is 16.0 Å². The highest BCUT2D eigenvalue weighted by atomic mass is 79.9. The molecule has 1 aliphatic rings. The van der Waals surface area contributed by atoms with E-state index in [1.807, 2.05) is 6.92 Å². The third-order valence-electron chi connectivity index (χ3n) is 2.38. The van der Waals surface area contributed by atoms with Crippen LogP contribution in [0.3, 0.4) is 0 Å². The lowest BCUT2D eigenvalue weighted by molar-refractivity contribution is 0.0946. The molecule has 1 unspecified atom stereocenters. The number of hydrogen-bond donors (Lipinski definition) is 0. The number of carbonyl (C=O) groups excluding carboxylic acids is 1. The Hall–Kier alpha value is -0.700. The van der Waals surface area contributed by atoms with Crippen LogP contribution < -0.4 is 0 Å². The summed E-state index contributed by atoms with van der Waals surface area (Å²) in [6.45, 7) is 1.87. The van der Waals surface area contributed by atoms with E-state index in [1.54, 1.807) is 0 Å². The Morgan fingerprint density at radius 2 is 2.23 bits per heavy atom.